The summed E-state index contributed by atoms with van der Waals surface area (Å²) in [4.78, 5) is 3.85. The van der Waals surface area contributed by atoms with Gasteiger partial charge in [0.1, 0.15) is 0 Å². The van der Waals surface area contributed by atoms with E-state index in [1.165, 1.54) is 0 Å². The van der Waals surface area contributed by atoms with E-state index in [-0.39, 0.29) is 0 Å². The summed E-state index contributed by atoms with van der Waals surface area (Å²) in [6, 6.07) is 3.51. The van der Waals surface area contributed by atoms with Crippen LogP contribution >= 0.6 is 11.6 Å². The van der Waals surface area contributed by atoms with Gasteiger partial charge in [-0.15, -0.1) is 5.10 Å². The van der Waals surface area contributed by atoms with Crippen LogP contribution in [0, 0.1) is 11.5 Å². The molecule has 0 atom stereocenters. The van der Waals surface area contributed by atoms with E-state index in [0.29, 0.717) is 30.7 Å². The molecule has 0 radical (unpaired) electrons. The standard InChI is InChI=1S/C10H14ClN7/c1-13-10(16-7-12)15-5-4-14-6-8-2-3-9(11)18-17-8/h2-3,14H,4-6H2,1H3,(H2,13,15,16). The van der Waals surface area contributed by atoms with Crippen molar-refractivity contribution in [3.05, 3.63) is 23.0 Å². The molecule has 1 heterocycles. The summed E-state index contributed by atoms with van der Waals surface area (Å²) in [5.41, 5.74) is 0.818. The third kappa shape index (κ3) is 5.43. The quantitative estimate of drug-likeness (QED) is 0.226. The van der Waals surface area contributed by atoms with Crippen LogP contribution < -0.4 is 16.0 Å². The van der Waals surface area contributed by atoms with Crippen molar-refractivity contribution in [2.24, 2.45) is 4.99 Å². The van der Waals surface area contributed by atoms with Crippen LogP contribution in [0.1, 0.15) is 5.69 Å². The summed E-state index contributed by atoms with van der Waals surface area (Å²) >= 11 is 5.63. The molecule has 7 nitrogen and oxygen atoms in total. The van der Waals surface area contributed by atoms with Crippen LogP contribution in [0.2, 0.25) is 5.15 Å². The number of halogens is 1. The molecule has 0 aliphatic rings. The Labute approximate surface area is 110 Å². The van der Waals surface area contributed by atoms with E-state index in [1.807, 2.05) is 6.07 Å². The van der Waals surface area contributed by atoms with Gasteiger partial charge in [-0.1, -0.05) is 11.6 Å². The first-order valence-corrected chi connectivity index (χ1v) is 5.68. The van der Waals surface area contributed by atoms with Crippen molar-refractivity contribution < 1.29 is 0 Å². The molecule has 0 spiro atoms. The lowest BCUT2D eigenvalue weighted by Crippen LogP contribution is -2.38. The van der Waals surface area contributed by atoms with Crippen molar-refractivity contribution >= 4 is 17.6 Å². The molecule has 0 fully saturated rings. The molecule has 0 amide bonds. The van der Waals surface area contributed by atoms with E-state index in [1.54, 1.807) is 19.3 Å². The Morgan fingerprint density at radius 3 is 2.89 bits per heavy atom. The normalized spacial score (nSPS) is 10.8. The lowest BCUT2D eigenvalue weighted by Gasteiger charge is -2.07. The first-order chi connectivity index (χ1) is 8.76. The average Bonchev–Trinajstić information content (AvgIpc) is 2.39. The largest absolute Gasteiger partial charge is 0.354 e. The second kappa shape index (κ2) is 8.22. The van der Waals surface area contributed by atoms with Gasteiger partial charge in [0.05, 0.1) is 5.69 Å². The smallest absolute Gasteiger partial charge is 0.204 e. The number of rotatable bonds is 5. The van der Waals surface area contributed by atoms with Crippen LogP contribution in [0.25, 0.3) is 0 Å². The lowest BCUT2D eigenvalue weighted by molar-refractivity contribution is 0.652. The van der Waals surface area contributed by atoms with Gasteiger partial charge in [0.15, 0.2) is 11.3 Å². The summed E-state index contributed by atoms with van der Waals surface area (Å²) in [6.45, 7) is 1.95. The van der Waals surface area contributed by atoms with Crippen molar-refractivity contribution in [3.63, 3.8) is 0 Å². The minimum absolute atomic E-state index is 0.381. The van der Waals surface area contributed by atoms with E-state index in [0.717, 1.165) is 5.69 Å². The molecule has 0 bridgehead atoms. The van der Waals surface area contributed by atoms with Gasteiger partial charge in [-0.05, 0) is 12.1 Å². The van der Waals surface area contributed by atoms with Crippen LogP contribution in [0.5, 0.6) is 0 Å². The number of guanidine groups is 1. The summed E-state index contributed by atoms with van der Waals surface area (Å²) in [7, 11) is 1.60. The highest BCUT2D eigenvalue weighted by atomic mass is 35.5. The SMILES string of the molecule is CN=C(NC#N)NCCNCc1ccc(Cl)nn1. The first-order valence-electron chi connectivity index (χ1n) is 5.31. The molecule has 0 aromatic carbocycles. The fourth-order valence-electron chi connectivity index (χ4n) is 1.16. The zero-order valence-corrected chi connectivity index (χ0v) is 10.7. The Hall–Kier alpha value is -1.91. The van der Waals surface area contributed by atoms with Crippen molar-refractivity contribution in [3.8, 4) is 6.19 Å². The second-order valence-corrected chi connectivity index (χ2v) is 3.65. The molecule has 0 saturated heterocycles. The monoisotopic (exact) mass is 267 g/mol. The first kappa shape index (κ1) is 14.2. The molecule has 3 N–H and O–H groups in total. The molecule has 1 rings (SSSR count). The van der Waals surface area contributed by atoms with Crippen molar-refractivity contribution in [2.45, 2.75) is 6.54 Å². The summed E-state index contributed by atoms with van der Waals surface area (Å²) in [5, 5.41) is 25.0. The van der Waals surface area contributed by atoms with Crippen LogP contribution in [0.3, 0.4) is 0 Å². The highest BCUT2D eigenvalue weighted by molar-refractivity contribution is 6.29. The van der Waals surface area contributed by atoms with E-state index in [2.05, 4.69) is 31.1 Å². The van der Waals surface area contributed by atoms with Crippen LogP contribution in [0.15, 0.2) is 17.1 Å². The van der Waals surface area contributed by atoms with Gasteiger partial charge in [0.2, 0.25) is 5.96 Å². The zero-order chi connectivity index (χ0) is 13.2. The fourth-order valence-corrected chi connectivity index (χ4v) is 1.26. The number of nitrogens with one attached hydrogen (secondary N) is 3. The maximum atomic E-state index is 8.42. The van der Waals surface area contributed by atoms with E-state index in [4.69, 9.17) is 16.9 Å². The maximum absolute atomic E-state index is 8.42. The molecular weight excluding hydrogens is 254 g/mol. The van der Waals surface area contributed by atoms with Gasteiger partial charge in [-0.3, -0.25) is 10.3 Å². The molecule has 96 valence electrons. The minimum atomic E-state index is 0.381. The van der Waals surface area contributed by atoms with Crippen molar-refractivity contribution in [2.75, 3.05) is 20.1 Å². The Balaban J connectivity index is 2.16. The molecule has 1 aromatic rings. The number of aliphatic imine (C=N–C) groups is 1. The molecule has 0 saturated carbocycles. The maximum Gasteiger partial charge on any atom is 0.204 e. The number of aromatic nitrogens is 2. The third-order valence-corrected chi connectivity index (χ3v) is 2.19. The molecule has 18 heavy (non-hydrogen) atoms. The van der Waals surface area contributed by atoms with Crippen molar-refractivity contribution in [1.82, 2.24) is 26.1 Å². The van der Waals surface area contributed by atoms with Crippen LogP contribution in [0.4, 0.5) is 0 Å². The Morgan fingerprint density at radius 1 is 1.44 bits per heavy atom. The molecule has 1 aromatic heterocycles. The number of hydrogen-bond donors (Lipinski definition) is 3. The third-order valence-electron chi connectivity index (χ3n) is 1.99. The van der Waals surface area contributed by atoms with Gasteiger partial charge in [0.25, 0.3) is 0 Å². The predicted molar refractivity (Wildman–Crippen MR) is 68.9 cm³/mol. The van der Waals surface area contributed by atoms with Crippen LogP contribution in [-0.2, 0) is 6.54 Å². The van der Waals surface area contributed by atoms with Crippen LogP contribution in [-0.4, -0.2) is 36.3 Å². The Kier molecular flexibility index (Phi) is 6.46. The molecule has 8 heteroatoms. The topological polar surface area (TPSA) is 98.0 Å². The molecule has 0 aliphatic heterocycles. The van der Waals surface area contributed by atoms with Gasteiger partial charge in [-0.2, -0.15) is 10.4 Å². The van der Waals surface area contributed by atoms with E-state index >= 15 is 0 Å². The molecule has 0 aliphatic carbocycles. The zero-order valence-electron chi connectivity index (χ0n) is 9.94. The van der Waals surface area contributed by atoms with E-state index < -0.39 is 0 Å². The van der Waals surface area contributed by atoms with Gasteiger partial charge in [-0.25, -0.2) is 0 Å². The fraction of sp³-hybridized carbons (Fsp3) is 0.400. The second-order valence-electron chi connectivity index (χ2n) is 3.26. The Morgan fingerprint density at radius 2 is 2.28 bits per heavy atom. The molecular formula is C10H14ClN7. The molecule has 0 unspecified atom stereocenters. The summed E-state index contributed by atoms with van der Waals surface area (Å²) in [5.74, 6) is 0.450. The highest BCUT2D eigenvalue weighted by Gasteiger charge is 1.97. The summed E-state index contributed by atoms with van der Waals surface area (Å²) in [6.07, 6.45) is 1.80. The van der Waals surface area contributed by atoms with Gasteiger partial charge in [0, 0.05) is 26.7 Å². The summed E-state index contributed by atoms with van der Waals surface area (Å²) < 4.78 is 0. The lowest BCUT2D eigenvalue weighted by atomic mass is 10.4. The van der Waals surface area contributed by atoms with E-state index in [9.17, 15) is 0 Å². The minimum Gasteiger partial charge on any atom is -0.354 e. The number of nitrogens with zero attached hydrogens (tertiary/aromatic N) is 4. The predicted octanol–water partition coefficient (Wildman–Crippen LogP) is -0.134. The number of nitriles is 1. The highest BCUT2D eigenvalue weighted by Crippen LogP contribution is 2.01. The van der Waals surface area contributed by atoms with Gasteiger partial charge < -0.3 is 10.6 Å². The van der Waals surface area contributed by atoms with Gasteiger partial charge >= 0.3 is 0 Å². The Bertz CT molecular complexity index is 423. The average molecular weight is 268 g/mol. The number of hydrogen-bond acceptors (Lipinski definition) is 5. The van der Waals surface area contributed by atoms with Crippen molar-refractivity contribution in [1.29, 1.82) is 5.26 Å².